The molecule has 1 N–H and O–H groups in total. The van der Waals surface area contributed by atoms with Crippen LogP contribution in [-0.4, -0.2) is 38.8 Å². The predicted octanol–water partition coefficient (Wildman–Crippen LogP) is 2.80. The monoisotopic (exact) mass is 326 g/mol. The lowest BCUT2D eigenvalue weighted by Crippen LogP contribution is -2.27. The van der Waals surface area contributed by atoms with Gasteiger partial charge in [-0.15, -0.1) is 6.58 Å². The largest absolute Gasteiger partial charge is 0.383 e. The van der Waals surface area contributed by atoms with E-state index in [-0.39, 0.29) is 0 Å². The zero-order valence-electron chi connectivity index (χ0n) is 11.8. The minimum atomic E-state index is 0.739. The van der Waals surface area contributed by atoms with Crippen LogP contribution in [-0.2, 0) is 17.8 Å². The van der Waals surface area contributed by atoms with Crippen molar-refractivity contribution in [3.63, 3.8) is 0 Å². The summed E-state index contributed by atoms with van der Waals surface area (Å²) in [7, 11) is 3.69. The van der Waals surface area contributed by atoms with Crippen LogP contribution in [0.5, 0.6) is 0 Å². The minimum Gasteiger partial charge on any atom is -0.383 e. The zero-order valence-corrected chi connectivity index (χ0v) is 13.4. The Morgan fingerprint density at radius 3 is 2.84 bits per heavy atom. The van der Waals surface area contributed by atoms with Gasteiger partial charge in [0, 0.05) is 37.8 Å². The third kappa shape index (κ3) is 5.87. The predicted molar refractivity (Wildman–Crippen MR) is 84.3 cm³/mol. The second-order valence-electron chi connectivity index (χ2n) is 4.47. The number of halogens is 1. The van der Waals surface area contributed by atoms with E-state index in [0.717, 1.165) is 37.3 Å². The molecular weight excluding hydrogens is 304 g/mol. The maximum absolute atomic E-state index is 5.14. The summed E-state index contributed by atoms with van der Waals surface area (Å²) < 4.78 is 6.30. The van der Waals surface area contributed by atoms with Crippen molar-refractivity contribution in [2.24, 2.45) is 0 Å². The highest BCUT2D eigenvalue weighted by Gasteiger charge is 2.07. The van der Waals surface area contributed by atoms with Crippen LogP contribution in [0.2, 0.25) is 0 Å². The summed E-state index contributed by atoms with van der Waals surface area (Å²) in [5.74, 6) is 0. The fourth-order valence-electron chi connectivity index (χ4n) is 1.91. The number of nitrogens with one attached hydrogen (secondary N) is 1. The first-order chi connectivity index (χ1) is 9.21. The van der Waals surface area contributed by atoms with E-state index in [1.165, 1.54) is 11.1 Å². The molecule has 0 aromatic heterocycles. The molecule has 19 heavy (non-hydrogen) atoms. The molecule has 4 heteroatoms. The Morgan fingerprint density at radius 2 is 2.26 bits per heavy atom. The van der Waals surface area contributed by atoms with E-state index in [0.29, 0.717) is 0 Å². The first kappa shape index (κ1) is 16.4. The van der Waals surface area contributed by atoms with E-state index >= 15 is 0 Å². The van der Waals surface area contributed by atoms with Gasteiger partial charge in [0.2, 0.25) is 0 Å². The van der Waals surface area contributed by atoms with Crippen LogP contribution in [0, 0.1) is 0 Å². The van der Waals surface area contributed by atoms with Crippen molar-refractivity contribution in [2.45, 2.75) is 13.1 Å². The lowest BCUT2D eigenvalue weighted by atomic mass is 10.1. The Morgan fingerprint density at radius 1 is 1.47 bits per heavy atom. The van der Waals surface area contributed by atoms with Crippen molar-refractivity contribution in [1.29, 1.82) is 0 Å². The third-order valence-corrected chi connectivity index (χ3v) is 3.63. The van der Waals surface area contributed by atoms with E-state index in [4.69, 9.17) is 4.74 Å². The van der Waals surface area contributed by atoms with E-state index in [1.807, 2.05) is 13.1 Å². The second kappa shape index (κ2) is 9.26. The van der Waals surface area contributed by atoms with Crippen molar-refractivity contribution >= 4 is 15.9 Å². The number of rotatable bonds is 9. The highest BCUT2D eigenvalue weighted by molar-refractivity contribution is 9.10. The standard InChI is InChI=1S/C15H23BrN2O/c1-4-7-18(8-9-19-3)12-14-6-5-13(11-17-2)10-15(14)16/h4-6,10,17H,1,7-9,11-12H2,2-3H3. The topological polar surface area (TPSA) is 24.5 Å². The van der Waals surface area contributed by atoms with Crippen LogP contribution < -0.4 is 5.32 Å². The fourth-order valence-corrected chi connectivity index (χ4v) is 2.46. The van der Waals surface area contributed by atoms with Gasteiger partial charge in [-0.2, -0.15) is 0 Å². The van der Waals surface area contributed by atoms with E-state index in [9.17, 15) is 0 Å². The third-order valence-electron chi connectivity index (χ3n) is 2.89. The molecule has 0 unspecified atom stereocenters. The maximum atomic E-state index is 5.14. The van der Waals surface area contributed by atoms with Crippen LogP contribution in [0.25, 0.3) is 0 Å². The van der Waals surface area contributed by atoms with Gasteiger partial charge in [-0.05, 0) is 24.2 Å². The van der Waals surface area contributed by atoms with Crippen molar-refractivity contribution in [2.75, 3.05) is 33.9 Å². The first-order valence-electron chi connectivity index (χ1n) is 6.45. The average molecular weight is 327 g/mol. The molecule has 0 saturated carbocycles. The van der Waals surface area contributed by atoms with Gasteiger partial charge in [0.25, 0.3) is 0 Å². The number of benzene rings is 1. The SMILES string of the molecule is C=CCN(CCOC)Cc1ccc(CNC)cc1Br. The van der Waals surface area contributed by atoms with Crippen LogP contribution >= 0.6 is 15.9 Å². The normalized spacial score (nSPS) is 10.9. The summed E-state index contributed by atoms with van der Waals surface area (Å²) in [6.07, 6.45) is 1.93. The molecule has 0 atom stereocenters. The van der Waals surface area contributed by atoms with E-state index in [2.05, 4.69) is 50.9 Å². The van der Waals surface area contributed by atoms with Crippen molar-refractivity contribution in [3.05, 3.63) is 46.5 Å². The molecule has 3 nitrogen and oxygen atoms in total. The summed E-state index contributed by atoms with van der Waals surface area (Å²) >= 11 is 3.65. The van der Waals surface area contributed by atoms with Crippen LogP contribution in [0.15, 0.2) is 35.3 Å². The van der Waals surface area contributed by atoms with Gasteiger partial charge in [0.1, 0.15) is 0 Å². The molecule has 0 aliphatic heterocycles. The molecule has 0 fully saturated rings. The van der Waals surface area contributed by atoms with Crippen molar-refractivity contribution in [3.8, 4) is 0 Å². The molecule has 0 aliphatic carbocycles. The van der Waals surface area contributed by atoms with Crippen LogP contribution in [0.1, 0.15) is 11.1 Å². The Balaban J connectivity index is 2.69. The molecule has 0 aliphatic rings. The Kier molecular flexibility index (Phi) is 7.98. The van der Waals surface area contributed by atoms with Gasteiger partial charge in [-0.25, -0.2) is 0 Å². The molecule has 0 saturated heterocycles. The molecule has 0 bridgehead atoms. The highest BCUT2D eigenvalue weighted by Crippen LogP contribution is 2.20. The molecular formula is C15H23BrN2O. The molecule has 106 valence electrons. The Bertz CT molecular complexity index is 396. The van der Waals surface area contributed by atoms with Crippen molar-refractivity contribution < 1.29 is 4.74 Å². The summed E-state index contributed by atoms with van der Waals surface area (Å²) in [4.78, 5) is 2.31. The summed E-state index contributed by atoms with van der Waals surface area (Å²) in [6, 6.07) is 6.52. The number of ether oxygens (including phenoxy) is 1. The molecule has 0 radical (unpaired) electrons. The van der Waals surface area contributed by atoms with Gasteiger partial charge in [0.15, 0.2) is 0 Å². The Labute approximate surface area is 124 Å². The van der Waals surface area contributed by atoms with Crippen molar-refractivity contribution in [1.82, 2.24) is 10.2 Å². The molecule has 1 aromatic carbocycles. The lowest BCUT2D eigenvalue weighted by molar-refractivity contribution is 0.151. The molecule has 1 aromatic rings. The van der Waals surface area contributed by atoms with Gasteiger partial charge >= 0.3 is 0 Å². The summed E-state index contributed by atoms with van der Waals surface area (Å²) in [5.41, 5.74) is 2.57. The summed E-state index contributed by atoms with van der Waals surface area (Å²) in [5, 5.41) is 3.16. The number of hydrogen-bond acceptors (Lipinski definition) is 3. The lowest BCUT2D eigenvalue weighted by Gasteiger charge is -2.21. The fraction of sp³-hybridized carbons (Fsp3) is 0.467. The highest BCUT2D eigenvalue weighted by atomic mass is 79.9. The number of methoxy groups -OCH3 is 1. The zero-order chi connectivity index (χ0) is 14.1. The number of nitrogens with zero attached hydrogens (tertiary/aromatic N) is 1. The van der Waals surface area contributed by atoms with Crippen LogP contribution in [0.3, 0.4) is 0 Å². The van der Waals surface area contributed by atoms with E-state index in [1.54, 1.807) is 7.11 Å². The molecule has 0 spiro atoms. The second-order valence-corrected chi connectivity index (χ2v) is 5.33. The van der Waals surface area contributed by atoms with Crippen LogP contribution in [0.4, 0.5) is 0 Å². The summed E-state index contributed by atoms with van der Waals surface area (Å²) in [6.45, 7) is 8.11. The van der Waals surface area contributed by atoms with Gasteiger partial charge in [-0.3, -0.25) is 4.90 Å². The van der Waals surface area contributed by atoms with E-state index < -0.39 is 0 Å². The Hall–Kier alpha value is -0.680. The molecule has 0 amide bonds. The average Bonchev–Trinajstić information content (AvgIpc) is 2.39. The molecule has 0 heterocycles. The number of hydrogen-bond donors (Lipinski definition) is 1. The van der Waals surface area contributed by atoms with Gasteiger partial charge in [0.05, 0.1) is 6.61 Å². The first-order valence-corrected chi connectivity index (χ1v) is 7.24. The molecule has 1 rings (SSSR count). The van der Waals surface area contributed by atoms with Gasteiger partial charge < -0.3 is 10.1 Å². The smallest absolute Gasteiger partial charge is 0.0589 e. The minimum absolute atomic E-state index is 0.739. The maximum Gasteiger partial charge on any atom is 0.0589 e. The van der Waals surface area contributed by atoms with Gasteiger partial charge in [-0.1, -0.05) is 34.1 Å². The quantitative estimate of drug-likeness (QED) is 0.706.